The SMILES string of the molecule is COc1cc(OC)c(C=Nn2c(C)nc3ccccc3c2=O)c(OC)c1. The molecule has 2 aromatic carbocycles. The molecule has 0 atom stereocenters. The number of hydrogen-bond donors (Lipinski definition) is 0. The van der Waals surface area contributed by atoms with E-state index in [-0.39, 0.29) is 5.56 Å². The molecule has 7 heteroatoms. The van der Waals surface area contributed by atoms with Gasteiger partial charge in [-0.25, -0.2) is 4.98 Å². The van der Waals surface area contributed by atoms with Crippen LogP contribution in [0.25, 0.3) is 10.9 Å². The van der Waals surface area contributed by atoms with Crippen molar-refractivity contribution in [1.29, 1.82) is 0 Å². The van der Waals surface area contributed by atoms with Crippen molar-refractivity contribution in [2.45, 2.75) is 6.92 Å². The fraction of sp³-hybridized carbons (Fsp3) is 0.211. The summed E-state index contributed by atoms with van der Waals surface area (Å²) in [5.41, 5.74) is 0.993. The summed E-state index contributed by atoms with van der Waals surface area (Å²) in [4.78, 5) is 17.1. The van der Waals surface area contributed by atoms with Crippen LogP contribution in [0.3, 0.4) is 0 Å². The van der Waals surface area contributed by atoms with E-state index in [1.54, 1.807) is 58.6 Å². The average molecular weight is 353 g/mol. The van der Waals surface area contributed by atoms with Crippen LogP contribution < -0.4 is 19.8 Å². The number of aromatic nitrogens is 2. The number of nitrogens with zero attached hydrogens (tertiary/aromatic N) is 3. The highest BCUT2D eigenvalue weighted by Crippen LogP contribution is 2.32. The van der Waals surface area contributed by atoms with Gasteiger partial charge in [0.05, 0.1) is 44.0 Å². The summed E-state index contributed by atoms with van der Waals surface area (Å²) in [6.45, 7) is 1.73. The molecular weight excluding hydrogens is 334 g/mol. The van der Waals surface area contributed by atoms with Crippen LogP contribution in [-0.4, -0.2) is 37.2 Å². The first-order valence-electron chi connectivity index (χ1n) is 7.91. The van der Waals surface area contributed by atoms with Crippen molar-refractivity contribution in [3.63, 3.8) is 0 Å². The number of benzene rings is 2. The van der Waals surface area contributed by atoms with E-state index in [0.29, 0.717) is 39.5 Å². The Balaban J connectivity index is 2.14. The molecule has 1 heterocycles. The summed E-state index contributed by atoms with van der Waals surface area (Å²) in [6.07, 6.45) is 1.52. The van der Waals surface area contributed by atoms with Crippen LogP contribution in [0.4, 0.5) is 0 Å². The zero-order valence-corrected chi connectivity index (χ0v) is 15.0. The third-order valence-corrected chi connectivity index (χ3v) is 3.97. The summed E-state index contributed by atoms with van der Waals surface area (Å²) in [5, 5.41) is 4.82. The van der Waals surface area contributed by atoms with E-state index in [2.05, 4.69) is 10.1 Å². The zero-order chi connectivity index (χ0) is 18.7. The normalized spacial score (nSPS) is 11.1. The molecule has 0 unspecified atom stereocenters. The largest absolute Gasteiger partial charge is 0.496 e. The van der Waals surface area contributed by atoms with Gasteiger partial charge in [0.15, 0.2) is 0 Å². The third kappa shape index (κ3) is 3.11. The summed E-state index contributed by atoms with van der Waals surface area (Å²) >= 11 is 0. The Labute approximate surface area is 150 Å². The van der Waals surface area contributed by atoms with Crippen LogP contribution in [-0.2, 0) is 0 Å². The first-order valence-corrected chi connectivity index (χ1v) is 7.91. The quantitative estimate of drug-likeness (QED) is 0.659. The van der Waals surface area contributed by atoms with Gasteiger partial charge in [-0.1, -0.05) is 12.1 Å². The molecule has 3 rings (SSSR count). The second kappa shape index (κ2) is 7.26. The number of rotatable bonds is 5. The topological polar surface area (TPSA) is 74.9 Å². The smallest absolute Gasteiger partial charge is 0.282 e. The predicted octanol–water partition coefficient (Wildman–Crippen LogP) is 2.61. The van der Waals surface area contributed by atoms with Crippen molar-refractivity contribution in [3.05, 3.63) is 58.1 Å². The van der Waals surface area contributed by atoms with Crippen molar-refractivity contribution in [2.24, 2.45) is 5.10 Å². The summed E-state index contributed by atoms with van der Waals surface area (Å²) in [6, 6.07) is 10.6. The molecule has 0 saturated heterocycles. The Morgan fingerprint density at radius 2 is 1.69 bits per heavy atom. The van der Waals surface area contributed by atoms with Crippen molar-refractivity contribution in [2.75, 3.05) is 21.3 Å². The lowest BCUT2D eigenvalue weighted by atomic mass is 10.2. The second-order valence-electron chi connectivity index (χ2n) is 5.48. The van der Waals surface area contributed by atoms with E-state index in [1.165, 1.54) is 10.9 Å². The highest BCUT2D eigenvalue weighted by Gasteiger charge is 2.12. The molecule has 0 spiro atoms. The van der Waals surface area contributed by atoms with E-state index in [9.17, 15) is 4.79 Å². The van der Waals surface area contributed by atoms with Crippen LogP contribution in [0, 0.1) is 6.92 Å². The maximum atomic E-state index is 12.7. The molecule has 0 amide bonds. The van der Waals surface area contributed by atoms with E-state index in [4.69, 9.17) is 14.2 Å². The number of methoxy groups -OCH3 is 3. The summed E-state index contributed by atoms with van der Waals surface area (Å²) < 4.78 is 17.3. The molecule has 7 nitrogen and oxygen atoms in total. The molecule has 0 bridgehead atoms. The van der Waals surface area contributed by atoms with Gasteiger partial charge >= 0.3 is 0 Å². The average Bonchev–Trinajstić information content (AvgIpc) is 2.67. The Morgan fingerprint density at radius 1 is 1.04 bits per heavy atom. The van der Waals surface area contributed by atoms with Crippen molar-refractivity contribution >= 4 is 17.1 Å². The second-order valence-corrected chi connectivity index (χ2v) is 5.48. The van der Waals surface area contributed by atoms with Gasteiger partial charge in [0.25, 0.3) is 5.56 Å². The van der Waals surface area contributed by atoms with Crippen molar-refractivity contribution < 1.29 is 14.2 Å². The monoisotopic (exact) mass is 353 g/mol. The Morgan fingerprint density at radius 3 is 2.31 bits per heavy atom. The Kier molecular flexibility index (Phi) is 4.88. The fourth-order valence-electron chi connectivity index (χ4n) is 2.65. The standard InChI is InChI=1S/C19H19N3O4/c1-12-21-16-8-6-5-7-14(16)19(23)22(12)20-11-15-17(25-3)9-13(24-2)10-18(15)26-4/h5-11H,1-4H3. The summed E-state index contributed by atoms with van der Waals surface area (Å²) in [5.74, 6) is 2.11. The van der Waals surface area contributed by atoms with Crippen LogP contribution in [0.2, 0.25) is 0 Å². The number of fused-ring (bicyclic) bond motifs is 1. The lowest BCUT2D eigenvalue weighted by Crippen LogP contribution is -2.20. The van der Waals surface area contributed by atoms with E-state index < -0.39 is 0 Å². The van der Waals surface area contributed by atoms with Crippen molar-refractivity contribution in [1.82, 2.24) is 9.66 Å². The minimum atomic E-state index is -0.240. The lowest BCUT2D eigenvalue weighted by molar-refractivity contribution is 0.374. The van der Waals surface area contributed by atoms with Gasteiger partial charge in [0.2, 0.25) is 0 Å². The minimum absolute atomic E-state index is 0.240. The zero-order valence-electron chi connectivity index (χ0n) is 15.0. The Hall–Kier alpha value is -3.35. The van der Waals surface area contributed by atoms with Gasteiger partial charge in [0.1, 0.15) is 23.1 Å². The van der Waals surface area contributed by atoms with Gasteiger partial charge < -0.3 is 14.2 Å². The molecule has 0 aliphatic heterocycles. The molecule has 0 aliphatic carbocycles. The molecule has 26 heavy (non-hydrogen) atoms. The van der Waals surface area contributed by atoms with Gasteiger partial charge in [-0.2, -0.15) is 9.78 Å². The fourth-order valence-corrected chi connectivity index (χ4v) is 2.65. The first kappa shape index (κ1) is 17.5. The van der Waals surface area contributed by atoms with Gasteiger partial charge in [-0.3, -0.25) is 4.79 Å². The van der Waals surface area contributed by atoms with Gasteiger partial charge in [0, 0.05) is 12.1 Å². The molecule has 3 aromatic rings. The molecule has 0 N–H and O–H groups in total. The van der Waals surface area contributed by atoms with Crippen LogP contribution in [0.15, 0.2) is 46.3 Å². The third-order valence-electron chi connectivity index (χ3n) is 3.97. The van der Waals surface area contributed by atoms with E-state index in [1.807, 2.05) is 6.07 Å². The lowest BCUT2D eigenvalue weighted by Gasteiger charge is -2.12. The highest BCUT2D eigenvalue weighted by molar-refractivity contribution is 5.88. The Bertz CT molecular complexity index is 1020. The predicted molar refractivity (Wildman–Crippen MR) is 99.8 cm³/mol. The first-order chi connectivity index (χ1) is 12.6. The van der Waals surface area contributed by atoms with Crippen LogP contribution in [0.5, 0.6) is 17.2 Å². The molecule has 0 saturated carbocycles. The van der Waals surface area contributed by atoms with Crippen molar-refractivity contribution in [3.8, 4) is 17.2 Å². The molecule has 0 radical (unpaired) electrons. The van der Waals surface area contributed by atoms with Crippen LogP contribution in [0.1, 0.15) is 11.4 Å². The number of aryl methyl sites for hydroxylation is 1. The molecule has 134 valence electrons. The van der Waals surface area contributed by atoms with Gasteiger partial charge in [-0.05, 0) is 19.1 Å². The van der Waals surface area contributed by atoms with E-state index in [0.717, 1.165) is 0 Å². The molecule has 1 aromatic heterocycles. The summed E-state index contributed by atoms with van der Waals surface area (Å²) in [7, 11) is 4.65. The molecule has 0 fully saturated rings. The maximum absolute atomic E-state index is 12.7. The van der Waals surface area contributed by atoms with E-state index >= 15 is 0 Å². The van der Waals surface area contributed by atoms with Crippen LogP contribution >= 0.6 is 0 Å². The number of ether oxygens (including phenoxy) is 3. The number of para-hydroxylation sites is 1. The minimum Gasteiger partial charge on any atom is -0.496 e. The number of hydrogen-bond acceptors (Lipinski definition) is 6. The maximum Gasteiger partial charge on any atom is 0.282 e. The van der Waals surface area contributed by atoms with Gasteiger partial charge in [-0.15, -0.1) is 0 Å². The molecule has 0 aliphatic rings. The molecular formula is C19H19N3O4. The highest BCUT2D eigenvalue weighted by atomic mass is 16.5.